The standard InChI is InChI=1S/C21H29N5O2/c1-14-12-25-18(15(2)19(14)28-5)13-26-21(23-4)24-10-9-16-7-6-8-17(11-16)20(27)22-3/h6-8,11-12H,9-10,13H2,1-5H3,(H,22,27)(H2,23,24,26). The van der Waals surface area contributed by atoms with Gasteiger partial charge in [0.15, 0.2) is 5.96 Å². The second-order valence-electron chi connectivity index (χ2n) is 6.43. The summed E-state index contributed by atoms with van der Waals surface area (Å²) in [5.41, 5.74) is 4.72. The first kappa shape index (κ1) is 21.2. The maximum absolute atomic E-state index is 11.7. The van der Waals surface area contributed by atoms with Gasteiger partial charge in [0.2, 0.25) is 0 Å². The number of aliphatic imine (C=N–C) groups is 1. The predicted octanol–water partition coefficient (Wildman–Crippen LogP) is 1.97. The van der Waals surface area contributed by atoms with E-state index in [1.165, 1.54) is 0 Å². The lowest BCUT2D eigenvalue weighted by atomic mass is 10.1. The molecule has 1 heterocycles. The number of nitrogens with zero attached hydrogens (tertiary/aromatic N) is 2. The van der Waals surface area contributed by atoms with Crippen LogP contribution in [-0.2, 0) is 13.0 Å². The number of pyridine rings is 1. The predicted molar refractivity (Wildman–Crippen MR) is 112 cm³/mol. The lowest BCUT2D eigenvalue weighted by molar-refractivity contribution is 0.0963. The van der Waals surface area contributed by atoms with E-state index >= 15 is 0 Å². The Bertz CT molecular complexity index is 849. The van der Waals surface area contributed by atoms with Gasteiger partial charge in [-0.25, -0.2) is 0 Å². The van der Waals surface area contributed by atoms with Crippen LogP contribution in [0.5, 0.6) is 5.75 Å². The number of methoxy groups -OCH3 is 1. The third-order valence-corrected chi connectivity index (χ3v) is 4.52. The zero-order valence-corrected chi connectivity index (χ0v) is 17.2. The minimum absolute atomic E-state index is 0.0799. The topological polar surface area (TPSA) is 87.6 Å². The third kappa shape index (κ3) is 5.45. The largest absolute Gasteiger partial charge is 0.496 e. The number of aryl methyl sites for hydroxylation is 1. The van der Waals surface area contributed by atoms with E-state index in [1.54, 1.807) is 27.3 Å². The van der Waals surface area contributed by atoms with E-state index in [0.717, 1.165) is 34.6 Å². The van der Waals surface area contributed by atoms with Crippen LogP contribution in [0.1, 0.15) is 32.7 Å². The molecule has 1 aromatic heterocycles. The first-order valence-electron chi connectivity index (χ1n) is 9.24. The molecule has 0 saturated carbocycles. The van der Waals surface area contributed by atoms with Crippen molar-refractivity contribution in [3.63, 3.8) is 0 Å². The number of carbonyl (C=O) groups is 1. The molecule has 0 unspecified atom stereocenters. The fraction of sp³-hybridized carbons (Fsp3) is 0.381. The number of ether oxygens (including phenoxy) is 1. The molecule has 0 fully saturated rings. The van der Waals surface area contributed by atoms with Gasteiger partial charge in [-0.15, -0.1) is 0 Å². The average molecular weight is 383 g/mol. The molecule has 1 amide bonds. The number of guanidine groups is 1. The lowest BCUT2D eigenvalue weighted by Crippen LogP contribution is -2.38. The fourth-order valence-corrected chi connectivity index (χ4v) is 2.98. The fourth-order valence-electron chi connectivity index (χ4n) is 2.98. The number of amides is 1. The molecule has 0 spiro atoms. The molecular weight excluding hydrogens is 354 g/mol. The van der Waals surface area contributed by atoms with Gasteiger partial charge in [0.1, 0.15) is 5.75 Å². The molecule has 0 bridgehead atoms. The van der Waals surface area contributed by atoms with E-state index in [1.807, 2.05) is 38.2 Å². The Morgan fingerprint density at radius 2 is 2.04 bits per heavy atom. The highest BCUT2D eigenvalue weighted by Gasteiger charge is 2.10. The van der Waals surface area contributed by atoms with Crippen molar-refractivity contribution < 1.29 is 9.53 Å². The van der Waals surface area contributed by atoms with Crippen LogP contribution in [0.15, 0.2) is 35.5 Å². The van der Waals surface area contributed by atoms with E-state index in [-0.39, 0.29) is 5.91 Å². The Labute approximate surface area is 166 Å². The minimum Gasteiger partial charge on any atom is -0.496 e. The summed E-state index contributed by atoms with van der Waals surface area (Å²) in [6.07, 6.45) is 2.60. The van der Waals surface area contributed by atoms with Gasteiger partial charge in [0.25, 0.3) is 5.91 Å². The second kappa shape index (κ2) is 10.3. The van der Waals surface area contributed by atoms with E-state index < -0.39 is 0 Å². The van der Waals surface area contributed by atoms with Gasteiger partial charge in [0.05, 0.1) is 19.3 Å². The molecule has 28 heavy (non-hydrogen) atoms. The van der Waals surface area contributed by atoms with Crippen LogP contribution in [0.25, 0.3) is 0 Å². The summed E-state index contributed by atoms with van der Waals surface area (Å²) in [6, 6.07) is 7.62. The van der Waals surface area contributed by atoms with Gasteiger partial charge in [-0.3, -0.25) is 14.8 Å². The molecule has 0 atom stereocenters. The van der Waals surface area contributed by atoms with Crippen LogP contribution < -0.4 is 20.7 Å². The molecule has 2 aromatic rings. The van der Waals surface area contributed by atoms with Crippen molar-refractivity contribution in [2.45, 2.75) is 26.8 Å². The van der Waals surface area contributed by atoms with Crippen LogP contribution in [0.4, 0.5) is 0 Å². The molecule has 3 N–H and O–H groups in total. The Balaban J connectivity index is 1.90. The molecule has 7 heteroatoms. The average Bonchev–Trinajstić information content (AvgIpc) is 2.71. The van der Waals surface area contributed by atoms with Crippen molar-refractivity contribution in [2.75, 3.05) is 27.7 Å². The van der Waals surface area contributed by atoms with Crippen molar-refractivity contribution in [1.82, 2.24) is 20.9 Å². The van der Waals surface area contributed by atoms with Crippen molar-refractivity contribution in [2.24, 2.45) is 4.99 Å². The summed E-state index contributed by atoms with van der Waals surface area (Å²) in [7, 11) is 5.04. The van der Waals surface area contributed by atoms with Gasteiger partial charge < -0.3 is 20.7 Å². The molecule has 2 rings (SSSR count). The van der Waals surface area contributed by atoms with Crippen LogP contribution in [0.3, 0.4) is 0 Å². The molecule has 0 saturated heterocycles. The molecular formula is C21H29N5O2. The maximum atomic E-state index is 11.7. The number of aromatic nitrogens is 1. The molecule has 1 aromatic carbocycles. The SMILES string of the molecule is CN=C(NCCc1cccc(C(=O)NC)c1)NCc1ncc(C)c(OC)c1C. The minimum atomic E-state index is -0.0799. The van der Waals surface area contributed by atoms with Gasteiger partial charge in [0, 0.05) is 43.5 Å². The molecule has 0 aliphatic heterocycles. The summed E-state index contributed by atoms with van der Waals surface area (Å²) in [5.74, 6) is 1.48. The van der Waals surface area contributed by atoms with Crippen molar-refractivity contribution >= 4 is 11.9 Å². The Kier molecular flexibility index (Phi) is 7.80. The van der Waals surface area contributed by atoms with Crippen molar-refractivity contribution in [3.8, 4) is 5.75 Å². The monoisotopic (exact) mass is 383 g/mol. The lowest BCUT2D eigenvalue weighted by Gasteiger charge is -2.15. The van der Waals surface area contributed by atoms with Crippen LogP contribution in [0, 0.1) is 13.8 Å². The van der Waals surface area contributed by atoms with Gasteiger partial charge >= 0.3 is 0 Å². The Morgan fingerprint density at radius 1 is 1.25 bits per heavy atom. The third-order valence-electron chi connectivity index (χ3n) is 4.52. The zero-order chi connectivity index (χ0) is 20.5. The highest BCUT2D eigenvalue weighted by atomic mass is 16.5. The second-order valence-corrected chi connectivity index (χ2v) is 6.43. The number of nitrogens with one attached hydrogen (secondary N) is 3. The Hall–Kier alpha value is -3.09. The van der Waals surface area contributed by atoms with E-state index in [4.69, 9.17) is 4.74 Å². The molecule has 0 radical (unpaired) electrons. The number of hydrogen-bond acceptors (Lipinski definition) is 4. The van der Waals surface area contributed by atoms with Crippen molar-refractivity contribution in [3.05, 3.63) is 58.4 Å². The molecule has 0 aliphatic carbocycles. The van der Waals surface area contributed by atoms with Crippen LogP contribution >= 0.6 is 0 Å². The number of hydrogen-bond donors (Lipinski definition) is 3. The van der Waals surface area contributed by atoms with E-state index in [9.17, 15) is 4.79 Å². The van der Waals surface area contributed by atoms with Gasteiger partial charge in [-0.2, -0.15) is 0 Å². The Morgan fingerprint density at radius 3 is 2.71 bits per heavy atom. The first-order chi connectivity index (χ1) is 13.5. The molecule has 7 nitrogen and oxygen atoms in total. The summed E-state index contributed by atoms with van der Waals surface area (Å²) in [5, 5.41) is 9.21. The van der Waals surface area contributed by atoms with Gasteiger partial charge in [-0.05, 0) is 38.0 Å². The van der Waals surface area contributed by atoms with Crippen molar-refractivity contribution in [1.29, 1.82) is 0 Å². The molecule has 150 valence electrons. The quantitative estimate of drug-likeness (QED) is 0.503. The van der Waals surface area contributed by atoms with Crippen LogP contribution in [0.2, 0.25) is 0 Å². The first-order valence-corrected chi connectivity index (χ1v) is 9.24. The van der Waals surface area contributed by atoms with E-state index in [2.05, 4.69) is 25.9 Å². The molecule has 0 aliphatic rings. The number of benzene rings is 1. The number of carbonyl (C=O) groups excluding carboxylic acids is 1. The highest BCUT2D eigenvalue weighted by Crippen LogP contribution is 2.23. The van der Waals surface area contributed by atoms with Crippen LogP contribution in [-0.4, -0.2) is 44.6 Å². The summed E-state index contributed by atoms with van der Waals surface area (Å²) < 4.78 is 5.46. The summed E-state index contributed by atoms with van der Waals surface area (Å²) in [6.45, 7) is 5.23. The highest BCUT2D eigenvalue weighted by molar-refractivity contribution is 5.94. The number of rotatable bonds is 7. The van der Waals surface area contributed by atoms with E-state index in [0.29, 0.717) is 24.6 Å². The normalized spacial score (nSPS) is 11.1. The smallest absolute Gasteiger partial charge is 0.251 e. The van der Waals surface area contributed by atoms with Gasteiger partial charge in [-0.1, -0.05) is 12.1 Å². The summed E-state index contributed by atoms with van der Waals surface area (Å²) in [4.78, 5) is 20.5. The maximum Gasteiger partial charge on any atom is 0.251 e. The summed E-state index contributed by atoms with van der Waals surface area (Å²) >= 11 is 0. The zero-order valence-electron chi connectivity index (χ0n) is 17.2.